The van der Waals surface area contributed by atoms with Crippen molar-refractivity contribution in [2.45, 2.75) is 6.54 Å². The first-order valence-electron chi connectivity index (χ1n) is 5.18. The van der Waals surface area contributed by atoms with Gasteiger partial charge >= 0.3 is 6.03 Å². The third-order valence-corrected chi connectivity index (χ3v) is 2.75. The molecule has 1 aromatic heterocycles. The summed E-state index contributed by atoms with van der Waals surface area (Å²) in [4.78, 5) is 15.2. The zero-order chi connectivity index (χ0) is 10.8. The van der Waals surface area contributed by atoms with Crippen molar-refractivity contribution in [2.75, 3.05) is 26.7 Å². The fourth-order valence-corrected chi connectivity index (χ4v) is 1.78. The molecule has 5 heteroatoms. The third-order valence-electron chi connectivity index (χ3n) is 2.75. The Hall–Kier alpha value is -1.52. The van der Waals surface area contributed by atoms with Gasteiger partial charge in [-0.1, -0.05) is 0 Å². The Bertz CT molecular complexity index is 360. The fourth-order valence-electron chi connectivity index (χ4n) is 1.78. The Morgan fingerprint density at radius 2 is 2.20 bits per heavy atom. The van der Waals surface area contributed by atoms with Crippen LogP contribution in [0.25, 0.3) is 0 Å². The van der Waals surface area contributed by atoms with E-state index in [1.54, 1.807) is 4.90 Å². The van der Waals surface area contributed by atoms with Crippen LogP contribution >= 0.6 is 0 Å². The van der Waals surface area contributed by atoms with Gasteiger partial charge in [0.05, 0.1) is 13.6 Å². The fraction of sp³-hybridized carbons (Fsp3) is 0.600. The van der Waals surface area contributed by atoms with E-state index in [1.807, 2.05) is 42.3 Å². The molecule has 1 saturated heterocycles. The molecule has 15 heavy (non-hydrogen) atoms. The van der Waals surface area contributed by atoms with Crippen LogP contribution in [0.4, 0.5) is 4.79 Å². The number of urea groups is 1. The summed E-state index contributed by atoms with van der Waals surface area (Å²) in [5.74, 6) is 0. The van der Waals surface area contributed by atoms with Gasteiger partial charge in [-0.2, -0.15) is 0 Å². The molecule has 1 aromatic rings. The topological polar surface area (TPSA) is 32.4 Å². The number of aryl methyl sites for hydroxylation is 1. The number of rotatable bonds is 3. The predicted molar refractivity (Wildman–Crippen MR) is 55.2 cm³/mol. The monoisotopic (exact) mass is 209 g/mol. The van der Waals surface area contributed by atoms with Gasteiger partial charge in [0.1, 0.15) is 18.9 Å². The molecule has 0 radical (unpaired) electrons. The number of carbonyl (C=O) groups is 1. The van der Waals surface area contributed by atoms with Crippen molar-refractivity contribution in [1.82, 2.24) is 14.4 Å². The van der Waals surface area contributed by atoms with Crippen molar-refractivity contribution in [3.05, 3.63) is 18.7 Å². The minimum absolute atomic E-state index is 0.145. The highest BCUT2D eigenvalue weighted by Crippen LogP contribution is 2.05. The van der Waals surface area contributed by atoms with Crippen molar-refractivity contribution < 1.29 is 9.36 Å². The number of imidazole rings is 1. The highest BCUT2D eigenvalue weighted by atomic mass is 16.2. The Labute approximate surface area is 89.5 Å². The summed E-state index contributed by atoms with van der Waals surface area (Å²) in [5.41, 5.74) is 0. The summed E-state index contributed by atoms with van der Waals surface area (Å²) >= 11 is 0. The Kier molecular flexibility index (Phi) is 2.62. The van der Waals surface area contributed by atoms with E-state index in [0.717, 1.165) is 26.2 Å². The van der Waals surface area contributed by atoms with Crippen LogP contribution in [0.5, 0.6) is 0 Å². The Morgan fingerprint density at radius 1 is 1.40 bits per heavy atom. The van der Waals surface area contributed by atoms with Crippen molar-refractivity contribution in [2.24, 2.45) is 7.05 Å². The van der Waals surface area contributed by atoms with Gasteiger partial charge < -0.3 is 9.80 Å². The maximum absolute atomic E-state index is 11.6. The number of aromatic nitrogens is 2. The van der Waals surface area contributed by atoms with E-state index in [-0.39, 0.29) is 6.03 Å². The van der Waals surface area contributed by atoms with Crippen LogP contribution in [0.2, 0.25) is 0 Å². The maximum atomic E-state index is 11.6. The zero-order valence-electron chi connectivity index (χ0n) is 9.26. The molecule has 2 heterocycles. The Balaban J connectivity index is 1.86. The van der Waals surface area contributed by atoms with E-state index in [9.17, 15) is 4.79 Å². The van der Waals surface area contributed by atoms with Gasteiger partial charge in [0.25, 0.3) is 0 Å². The molecule has 0 aromatic carbocycles. The first-order valence-corrected chi connectivity index (χ1v) is 5.18. The molecular weight excluding hydrogens is 192 g/mol. The molecule has 0 N–H and O–H groups in total. The van der Waals surface area contributed by atoms with E-state index in [1.165, 1.54) is 0 Å². The van der Waals surface area contributed by atoms with Crippen LogP contribution in [-0.4, -0.2) is 47.1 Å². The number of hydrogen-bond donors (Lipinski definition) is 0. The summed E-state index contributed by atoms with van der Waals surface area (Å²) in [6.07, 6.45) is 6.03. The third kappa shape index (κ3) is 2.11. The molecule has 5 nitrogen and oxygen atoms in total. The first-order chi connectivity index (χ1) is 7.16. The number of likely N-dealkylation sites (N-methyl/N-ethyl adjacent to an activating group) is 1. The number of carbonyl (C=O) groups excluding carboxylic acids is 1. The molecular formula is C10H17N4O+. The van der Waals surface area contributed by atoms with Crippen LogP contribution in [0.1, 0.15) is 0 Å². The van der Waals surface area contributed by atoms with Gasteiger partial charge in [0.15, 0.2) is 0 Å². The molecule has 0 bridgehead atoms. The minimum Gasteiger partial charge on any atom is -0.326 e. The largest absolute Gasteiger partial charge is 0.326 e. The first kappa shape index (κ1) is 10.0. The van der Waals surface area contributed by atoms with Crippen molar-refractivity contribution in [3.63, 3.8) is 0 Å². The van der Waals surface area contributed by atoms with E-state index < -0.39 is 0 Å². The second kappa shape index (κ2) is 3.92. The molecule has 82 valence electrons. The van der Waals surface area contributed by atoms with Crippen molar-refractivity contribution in [1.29, 1.82) is 0 Å². The molecule has 2 rings (SSSR count). The minimum atomic E-state index is 0.145. The van der Waals surface area contributed by atoms with Crippen molar-refractivity contribution >= 4 is 6.03 Å². The van der Waals surface area contributed by atoms with Crippen LogP contribution in [0, 0.1) is 0 Å². The van der Waals surface area contributed by atoms with Gasteiger partial charge in [-0.3, -0.25) is 0 Å². The molecule has 1 aliphatic heterocycles. The van der Waals surface area contributed by atoms with Crippen LogP contribution < -0.4 is 4.57 Å². The quantitative estimate of drug-likeness (QED) is 0.628. The number of nitrogens with zero attached hydrogens (tertiary/aromatic N) is 4. The Morgan fingerprint density at radius 3 is 2.73 bits per heavy atom. The average Bonchev–Trinajstić information content (AvgIpc) is 2.74. The number of hydrogen-bond acceptors (Lipinski definition) is 1. The lowest BCUT2D eigenvalue weighted by Crippen LogP contribution is -2.32. The van der Waals surface area contributed by atoms with Gasteiger partial charge in [-0.25, -0.2) is 13.9 Å². The van der Waals surface area contributed by atoms with Crippen LogP contribution in [-0.2, 0) is 13.6 Å². The number of amides is 2. The van der Waals surface area contributed by atoms with E-state index in [4.69, 9.17) is 0 Å². The van der Waals surface area contributed by atoms with Gasteiger partial charge in [0.2, 0.25) is 6.33 Å². The highest BCUT2D eigenvalue weighted by molar-refractivity contribution is 5.76. The second-order valence-corrected chi connectivity index (χ2v) is 4.01. The summed E-state index contributed by atoms with van der Waals surface area (Å²) in [6, 6.07) is 0.145. The van der Waals surface area contributed by atoms with Crippen molar-refractivity contribution in [3.8, 4) is 0 Å². The van der Waals surface area contributed by atoms with Crippen LogP contribution in [0.3, 0.4) is 0 Å². The summed E-state index contributed by atoms with van der Waals surface area (Å²) in [6.45, 7) is 3.35. The maximum Gasteiger partial charge on any atom is 0.320 e. The zero-order valence-corrected chi connectivity index (χ0v) is 9.26. The highest BCUT2D eigenvalue weighted by Gasteiger charge is 2.24. The molecule has 0 unspecified atom stereocenters. The van der Waals surface area contributed by atoms with Gasteiger partial charge in [0, 0.05) is 20.1 Å². The summed E-state index contributed by atoms with van der Waals surface area (Å²) in [7, 11) is 3.84. The molecule has 0 aliphatic carbocycles. The van der Waals surface area contributed by atoms with E-state index >= 15 is 0 Å². The summed E-state index contributed by atoms with van der Waals surface area (Å²) < 4.78 is 4.09. The normalized spacial score (nSPS) is 16.5. The van der Waals surface area contributed by atoms with E-state index in [0.29, 0.717) is 0 Å². The molecule has 0 saturated carbocycles. The molecule has 0 spiro atoms. The van der Waals surface area contributed by atoms with Gasteiger partial charge in [-0.05, 0) is 0 Å². The lowest BCUT2D eigenvalue weighted by Gasteiger charge is -2.14. The standard InChI is InChI=1S/C10H17N4O/c1-11-3-5-13(9-11)6-8-14-7-4-12(2)10(14)15/h3,5,9H,4,6-8H2,1-2H3/q+1. The molecule has 0 atom stereocenters. The SMILES string of the molecule is CN1CCN(CCn2cc[n+](C)c2)C1=O. The molecule has 1 fully saturated rings. The van der Waals surface area contributed by atoms with Gasteiger partial charge in [-0.15, -0.1) is 0 Å². The summed E-state index contributed by atoms with van der Waals surface area (Å²) in [5, 5.41) is 0. The second-order valence-electron chi connectivity index (χ2n) is 4.01. The lowest BCUT2D eigenvalue weighted by atomic mass is 10.5. The predicted octanol–water partition coefficient (Wildman–Crippen LogP) is -0.320. The lowest BCUT2D eigenvalue weighted by molar-refractivity contribution is -0.671. The molecule has 1 aliphatic rings. The molecule has 2 amide bonds. The smallest absolute Gasteiger partial charge is 0.320 e. The van der Waals surface area contributed by atoms with E-state index in [2.05, 4.69) is 4.57 Å². The van der Waals surface area contributed by atoms with Crippen LogP contribution in [0.15, 0.2) is 18.7 Å². The average molecular weight is 209 g/mol.